The van der Waals surface area contributed by atoms with E-state index in [1.165, 1.54) is 11.3 Å². The summed E-state index contributed by atoms with van der Waals surface area (Å²) in [6, 6.07) is 16.1. The van der Waals surface area contributed by atoms with E-state index in [2.05, 4.69) is 23.1 Å². The van der Waals surface area contributed by atoms with Gasteiger partial charge in [0.1, 0.15) is 0 Å². The van der Waals surface area contributed by atoms with Gasteiger partial charge in [-0.3, -0.25) is 4.79 Å². The van der Waals surface area contributed by atoms with Gasteiger partial charge in [0.15, 0.2) is 0 Å². The number of rotatable bonds is 4. The Labute approximate surface area is 143 Å². The summed E-state index contributed by atoms with van der Waals surface area (Å²) in [5, 5.41) is 0. The molecule has 24 heavy (non-hydrogen) atoms. The predicted octanol–water partition coefficient (Wildman–Crippen LogP) is 3.10. The number of carbonyl (C=O) groups is 1. The average Bonchev–Trinajstić information content (AvgIpc) is 2.62. The Morgan fingerprint density at radius 2 is 1.88 bits per heavy atom. The molecule has 1 heterocycles. The molecule has 1 saturated heterocycles. The van der Waals surface area contributed by atoms with E-state index in [9.17, 15) is 4.79 Å². The smallest absolute Gasteiger partial charge is 0.253 e. The van der Waals surface area contributed by atoms with Crippen LogP contribution in [-0.2, 0) is 11.3 Å². The van der Waals surface area contributed by atoms with Crippen molar-refractivity contribution >= 4 is 11.6 Å². The van der Waals surface area contributed by atoms with Crippen LogP contribution in [0, 0.1) is 6.92 Å². The topological polar surface area (TPSA) is 32.8 Å². The Bertz CT molecular complexity index is 708. The minimum Gasteiger partial charge on any atom is -0.378 e. The zero-order valence-corrected chi connectivity index (χ0v) is 14.4. The van der Waals surface area contributed by atoms with E-state index in [1.807, 2.05) is 44.3 Å². The van der Waals surface area contributed by atoms with Gasteiger partial charge in [0.25, 0.3) is 5.91 Å². The summed E-state index contributed by atoms with van der Waals surface area (Å²) >= 11 is 0. The van der Waals surface area contributed by atoms with Gasteiger partial charge in [0, 0.05) is 37.9 Å². The summed E-state index contributed by atoms with van der Waals surface area (Å²) in [7, 11) is 1.86. The highest BCUT2D eigenvalue weighted by Gasteiger charge is 2.17. The van der Waals surface area contributed by atoms with Crippen molar-refractivity contribution < 1.29 is 9.53 Å². The summed E-state index contributed by atoms with van der Waals surface area (Å²) in [5.41, 5.74) is 4.21. The zero-order valence-electron chi connectivity index (χ0n) is 14.4. The number of anilines is 1. The Morgan fingerprint density at radius 1 is 1.12 bits per heavy atom. The average molecular weight is 324 g/mol. The Morgan fingerprint density at radius 3 is 2.62 bits per heavy atom. The predicted molar refractivity (Wildman–Crippen MR) is 96.5 cm³/mol. The van der Waals surface area contributed by atoms with Crippen LogP contribution < -0.4 is 4.90 Å². The molecule has 1 aliphatic heterocycles. The van der Waals surface area contributed by atoms with Crippen molar-refractivity contribution in [2.75, 3.05) is 38.3 Å². The van der Waals surface area contributed by atoms with Crippen LogP contribution in [0.25, 0.3) is 0 Å². The van der Waals surface area contributed by atoms with Crippen LogP contribution in [0.1, 0.15) is 21.5 Å². The van der Waals surface area contributed by atoms with Crippen LogP contribution in [0.5, 0.6) is 0 Å². The summed E-state index contributed by atoms with van der Waals surface area (Å²) in [5.74, 6) is 0.0514. The number of hydrogen-bond acceptors (Lipinski definition) is 3. The molecule has 0 unspecified atom stereocenters. The molecule has 0 N–H and O–H groups in total. The maximum Gasteiger partial charge on any atom is 0.253 e. The number of ether oxygens (including phenoxy) is 1. The maximum absolute atomic E-state index is 12.7. The highest BCUT2D eigenvalue weighted by atomic mass is 16.5. The molecule has 2 aromatic carbocycles. The number of benzene rings is 2. The van der Waals surface area contributed by atoms with Crippen molar-refractivity contribution in [3.63, 3.8) is 0 Å². The van der Waals surface area contributed by atoms with Gasteiger partial charge in [-0.2, -0.15) is 0 Å². The number of morpholine rings is 1. The van der Waals surface area contributed by atoms with E-state index in [-0.39, 0.29) is 5.91 Å². The second-order valence-electron chi connectivity index (χ2n) is 6.26. The molecule has 0 atom stereocenters. The molecule has 0 aliphatic carbocycles. The molecule has 1 amide bonds. The van der Waals surface area contributed by atoms with Crippen LogP contribution in [0.4, 0.5) is 5.69 Å². The molecule has 0 bridgehead atoms. The Balaban J connectivity index is 1.76. The molecule has 0 aromatic heterocycles. The maximum atomic E-state index is 12.7. The van der Waals surface area contributed by atoms with Crippen molar-refractivity contribution in [1.82, 2.24) is 4.90 Å². The lowest BCUT2D eigenvalue weighted by Crippen LogP contribution is -2.37. The van der Waals surface area contributed by atoms with E-state index in [0.29, 0.717) is 6.54 Å². The first-order valence-electron chi connectivity index (χ1n) is 8.38. The molecule has 4 heteroatoms. The first-order valence-corrected chi connectivity index (χ1v) is 8.38. The van der Waals surface area contributed by atoms with Crippen molar-refractivity contribution in [3.8, 4) is 0 Å². The fourth-order valence-corrected chi connectivity index (χ4v) is 3.08. The first-order chi connectivity index (χ1) is 11.6. The van der Waals surface area contributed by atoms with E-state index < -0.39 is 0 Å². The minimum absolute atomic E-state index is 0.0514. The lowest BCUT2D eigenvalue weighted by atomic mass is 10.1. The summed E-state index contributed by atoms with van der Waals surface area (Å²) in [4.78, 5) is 16.8. The lowest BCUT2D eigenvalue weighted by Gasteiger charge is -2.31. The number of aryl methyl sites for hydroxylation is 1. The number of hydrogen-bond donors (Lipinski definition) is 0. The van der Waals surface area contributed by atoms with Crippen molar-refractivity contribution in [1.29, 1.82) is 0 Å². The Kier molecular flexibility index (Phi) is 5.16. The number of para-hydroxylation sites is 1. The first kappa shape index (κ1) is 16.5. The molecule has 2 aromatic rings. The normalized spacial score (nSPS) is 14.5. The van der Waals surface area contributed by atoms with E-state index in [1.54, 1.807) is 4.90 Å². The monoisotopic (exact) mass is 324 g/mol. The van der Waals surface area contributed by atoms with Gasteiger partial charge in [0.2, 0.25) is 0 Å². The SMILES string of the molecule is Cc1cccc(C(=O)N(C)Cc2ccccc2N2CCOCC2)c1. The van der Waals surface area contributed by atoms with Gasteiger partial charge in [-0.15, -0.1) is 0 Å². The molecule has 0 radical (unpaired) electrons. The van der Waals surface area contributed by atoms with Crippen LogP contribution in [-0.4, -0.2) is 44.2 Å². The lowest BCUT2D eigenvalue weighted by molar-refractivity contribution is 0.0784. The van der Waals surface area contributed by atoms with Gasteiger partial charge in [-0.1, -0.05) is 35.9 Å². The second kappa shape index (κ2) is 7.49. The fraction of sp³-hybridized carbons (Fsp3) is 0.350. The highest BCUT2D eigenvalue weighted by Crippen LogP contribution is 2.23. The van der Waals surface area contributed by atoms with Crippen molar-refractivity contribution in [3.05, 3.63) is 65.2 Å². The van der Waals surface area contributed by atoms with E-state index >= 15 is 0 Å². The number of nitrogens with zero attached hydrogens (tertiary/aromatic N) is 2. The molecule has 0 saturated carbocycles. The molecule has 1 aliphatic rings. The molecule has 3 rings (SSSR count). The molecular formula is C20H24N2O2. The standard InChI is InChI=1S/C20H24N2O2/c1-16-6-5-8-17(14-16)20(23)21(2)15-18-7-3-4-9-19(18)22-10-12-24-13-11-22/h3-9,14H,10-13,15H2,1-2H3. The van der Waals surface area contributed by atoms with Crippen molar-refractivity contribution in [2.45, 2.75) is 13.5 Å². The number of amides is 1. The molecular weight excluding hydrogens is 300 g/mol. The summed E-state index contributed by atoms with van der Waals surface area (Å²) < 4.78 is 5.44. The van der Waals surface area contributed by atoms with Gasteiger partial charge in [0.05, 0.1) is 13.2 Å². The third-order valence-electron chi connectivity index (χ3n) is 4.36. The van der Waals surface area contributed by atoms with Gasteiger partial charge in [-0.05, 0) is 30.7 Å². The summed E-state index contributed by atoms with van der Waals surface area (Å²) in [6.45, 7) is 5.91. The van der Waals surface area contributed by atoms with Gasteiger partial charge < -0.3 is 14.5 Å². The summed E-state index contributed by atoms with van der Waals surface area (Å²) in [6.07, 6.45) is 0. The molecule has 0 spiro atoms. The quantitative estimate of drug-likeness (QED) is 0.866. The van der Waals surface area contributed by atoms with Crippen LogP contribution in [0.15, 0.2) is 48.5 Å². The van der Waals surface area contributed by atoms with Gasteiger partial charge in [-0.25, -0.2) is 0 Å². The van der Waals surface area contributed by atoms with E-state index in [0.717, 1.165) is 37.4 Å². The zero-order chi connectivity index (χ0) is 16.9. The highest BCUT2D eigenvalue weighted by molar-refractivity contribution is 5.94. The minimum atomic E-state index is 0.0514. The van der Waals surface area contributed by atoms with Crippen LogP contribution in [0.2, 0.25) is 0 Å². The number of carbonyl (C=O) groups excluding carboxylic acids is 1. The third kappa shape index (κ3) is 3.77. The largest absolute Gasteiger partial charge is 0.378 e. The van der Waals surface area contributed by atoms with E-state index in [4.69, 9.17) is 4.74 Å². The fourth-order valence-electron chi connectivity index (χ4n) is 3.08. The van der Waals surface area contributed by atoms with Crippen LogP contribution >= 0.6 is 0 Å². The van der Waals surface area contributed by atoms with Gasteiger partial charge >= 0.3 is 0 Å². The molecule has 4 nitrogen and oxygen atoms in total. The van der Waals surface area contributed by atoms with Crippen LogP contribution in [0.3, 0.4) is 0 Å². The molecule has 126 valence electrons. The Hall–Kier alpha value is -2.33. The molecule has 1 fully saturated rings. The van der Waals surface area contributed by atoms with Crippen molar-refractivity contribution in [2.24, 2.45) is 0 Å². The third-order valence-corrected chi connectivity index (χ3v) is 4.36. The second-order valence-corrected chi connectivity index (χ2v) is 6.26.